The van der Waals surface area contributed by atoms with E-state index in [4.69, 9.17) is 4.98 Å². The zero-order chi connectivity index (χ0) is 27.8. The molecule has 0 atom stereocenters. The number of carbonyl (C=O) groups is 1. The summed E-state index contributed by atoms with van der Waals surface area (Å²) in [6, 6.07) is 32.3. The molecule has 5 nitrogen and oxygen atoms in total. The van der Waals surface area contributed by atoms with E-state index < -0.39 is 0 Å². The second-order valence-corrected chi connectivity index (χ2v) is 12.1. The smallest absolute Gasteiger partial charge is 0.258 e. The van der Waals surface area contributed by atoms with E-state index in [2.05, 4.69) is 23.5 Å². The zero-order valence-corrected chi connectivity index (χ0v) is 23.6. The van der Waals surface area contributed by atoms with E-state index >= 15 is 0 Å². The Morgan fingerprint density at radius 2 is 1.61 bits per heavy atom. The lowest BCUT2D eigenvalue weighted by Crippen LogP contribution is -2.40. The second-order valence-electron chi connectivity index (χ2n) is 11.2. The van der Waals surface area contributed by atoms with E-state index in [0.29, 0.717) is 11.7 Å². The van der Waals surface area contributed by atoms with Crippen LogP contribution >= 0.6 is 11.8 Å². The van der Waals surface area contributed by atoms with Gasteiger partial charge < -0.3 is 5.32 Å². The van der Waals surface area contributed by atoms with Gasteiger partial charge in [-0.1, -0.05) is 116 Å². The molecule has 0 bridgehead atoms. The lowest BCUT2D eigenvalue weighted by Gasteiger charge is -2.36. The number of fused-ring (bicyclic) bond motifs is 5. The van der Waals surface area contributed by atoms with E-state index in [9.17, 15) is 9.59 Å². The molecule has 7 rings (SSSR count). The third-order valence-corrected chi connectivity index (χ3v) is 9.58. The molecule has 4 aromatic carbocycles. The standard InChI is InChI=1S/C35H31N3O2S/c39-30(36-29-18-10-15-25-13-4-6-16-27(25)29)23-41-34-37-32-28-17-7-5-14-26(28)21-35(19-8-9-20-35)31(32)33(40)38(34)22-24-11-2-1-3-12-24/h1-7,10-18H,8-9,19-23H2,(H,36,39). The molecule has 1 heterocycles. The third-order valence-electron chi connectivity index (χ3n) is 8.61. The molecule has 2 aliphatic carbocycles. The minimum absolute atomic E-state index is 0.0345. The van der Waals surface area contributed by atoms with Crippen LogP contribution in [0.3, 0.4) is 0 Å². The fourth-order valence-corrected chi connectivity index (χ4v) is 7.50. The van der Waals surface area contributed by atoms with Crippen LogP contribution in [-0.2, 0) is 23.2 Å². The highest BCUT2D eigenvalue weighted by molar-refractivity contribution is 7.99. The molecule has 1 N–H and O–H groups in total. The number of benzene rings is 4. The Morgan fingerprint density at radius 3 is 2.46 bits per heavy atom. The molecule has 1 spiro atoms. The summed E-state index contributed by atoms with van der Waals surface area (Å²) in [5.41, 5.74) is 5.67. The minimum Gasteiger partial charge on any atom is -0.325 e. The predicted octanol–water partition coefficient (Wildman–Crippen LogP) is 7.21. The average Bonchev–Trinajstić information content (AvgIpc) is 3.46. The van der Waals surface area contributed by atoms with Gasteiger partial charge in [-0.2, -0.15) is 0 Å². The van der Waals surface area contributed by atoms with Gasteiger partial charge in [0, 0.05) is 22.1 Å². The quantitative estimate of drug-likeness (QED) is 0.177. The molecule has 1 amide bonds. The fourth-order valence-electron chi connectivity index (χ4n) is 6.71. The van der Waals surface area contributed by atoms with Crippen molar-refractivity contribution >= 4 is 34.1 Å². The Morgan fingerprint density at radius 1 is 0.878 bits per heavy atom. The number of amides is 1. The molecule has 6 heteroatoms. The van der Waals surface area contributed by atoms with Gasteiger partial charge in [0.05, 0.1) is 23.6 Å². The largest absolute Gasteiger partial charge is 0.325 e. The number of rotatable bonds is 6. The van der Waals surface area contributed by atoms with Gasteiger partial charge in [-0.3, -0.25) is 14.2 Å². The van der Waals surface area contributed by atoms with Crippen LogP contribution < -0.4 is 10.9 Å². The van der Waals surface area contributed by atoms with Crippen LogP contribution in [0.4, 0.5) is 5.69 Å². The number of anilines is 1. The zero-order valence-electron chi connectivity index (χ0n) is 22.8. The van der Waals surface area contributed by atoms with E-state index in [1.165, 1.54) is 17.3 Å². The summed E-state index contributed by atoms with van der Waals surface area (Å²) in [6.45, 7) is 0.422. The molecular weight excluding hydrogens is 526 g/mol. The Bertz CT molecular complexity index is 1820. The highest BCUT2D eigenvalue weighted by atomic mass is 32.2. The molecular formula is C35H31N3O2S. The summed E-state index contributed by atoms with van der Waals surface area (Å²) < 4.78 is 1.80. The van der Waals surface area contributed by atoms with Gasteiger partial charge in [0.25, 0.3) is 5.56 Å². The van der Waals surface area contributed by atoms with Crippen molar-refractivity contribution in [3.8, 4) is 11.3 Å². The topological polar surface area (TPSA) is 64.0 Å². The normalized spacial score (nSPS) is 15.0. The first-order valence-corrected chi connectivity index (χ1v) is 15.3. The van der Waals surface area contributed by atoms with Gasteiger partial charge in [0.1, 0.15) is 0 Å². The van der Waals surface area contributed by atoms with Crippen LogP contribution in [-0.4, -0.2) is 21.2 Å². The SMILES string of the molecule is O=C(CSc1nc2c(c(=O)n1Cc1ccccc1)C1(CCCC1)Cc1ccccc1-2)Nc1cccc2ccccc12. The fraction of sp³-hybridized carbons (Fsp3) is 0.229. The summed E-state index contributed by atoms with van der Waals surface area (Å²) in [6.07, 6.45) is 5.17. The van der Waals surface area contributed by atoms with Crippen molar-refractivity contribution in [2.75, 3.05) is 11.1 Å². The first-order valence-electron chi connectivity index (χ1n) is 14.3. The molecule has 0 unspecified atom stereocenters. The molecule has 2 aliphatic rings. The van der Waals surface area contributed by atoms with Crippen molar-refractivity contribution in [1.82, 2.24) is 9.55 Å². The number of thioether (sulfide) groups is 1. The van der Waals surface area contributed by atoms with Crippen molar-refractivity contribution < 1.29 is 4.79 Å². The Kier molecular flexibility index (Phi) is 6.71. The molecule has 0 aliphatic heterocycles. The van der Waals surface area contributed by atoms with Crippen LogP contribution in [0.15, 0.2) is 107 Å². The van der Waals surface area contributed by atoms with Crippen LogP contribution in [0, 0.1) is 0 Å². The monoisotopic (exact) mass is 557 g/mol. The number of hydrogen-bond donors (Lipinski definition) is 1. The Hall–Kier alpha value is -4.16. The molecule has 1 aromatic heterocycles. The highest BCUT2D eigenvalue weighted by Crippen LogP contribution is 2.50. The van der Waals surface area contributed by atoms with Crippen LogP contribution in [0.1, 0.15) is 42.4 Å². The van der Waals surface area contributed by atoms with Crippen molar-refractivity contribution in [3.05, 3.63) is 124 Å². The van der Waals surface area contributed by atoms with Crippen molar-refractivity contribution in [3.63, 3.8) is 0 Å². The summed E-state index contributed by atoms with van der Waals surface area (Å²) in [5, 5.41) is 5.74. The van der Waals surface area contributed by atoms with E-state index in [0.717, 1.165) is 70.9 Å². The molecule has 0 radical (unpaired) electrons. The van der Waals surface area contributed by atoms with Crippen molar-refractivity contribution in [2.24, 2.45) is 0 Å². The molecule has 5 aromatic rings. The molecule has 41 heavy (non-hydrogen) atoms. The summed E-state index contributed by atoms with van der Waals surface area (Å²) in [5.74, 6) is 0.0213. The van der Waals surface area contributed by atoms with Crippen LogP contribution in [0.2, 0.25) is 0 Å². The first kappa shape index (κ1) is 25.8. The number of nitrogens with one attached hydrogen (secondary N) is 1. The predicted molar refractivity (Wildman–Crippen MR) is 167 cm³/mol. The molecule has 1 saturated carbocycles. The molecule has 0 saturated heterocycles. The highest BCUT2D eigenvalue weighted by Gasteiger charge is 2.44. The average molecular weight is 558 g/mol. The van der Waals surface area contributed by atoms with Gasteiger partial charge in [0.15, 0.2) is 5.16 Å². The Labute approximate surface area is 243 Å². The maximum Gasteiger partial charge on any atom is 0.258 e. The van der Waals surface area contributed by atoms with E-state index in [1.54, 1.807) is 4.57 Å². The van der Waals surface area contributed by atoms with E-state index in [-0.39, 0.29) is 22.6 Å². The maximum absolute atomic E-state index is 14.5. The molecule has 204 valence electrons. The number of aromatic nitrogens is 2. The second kappa shape index (κ2) is 10.7. The van der Waals surface area contributed by atoms with E-state index in [1.807, 2.05) is 78.9 Å². The summed E-state index contributed by atoms with van der Waals surface area (Å²) >= 11 is 1.33. The lowest BCUT2D eigenvalue weighted by molar-refractivity contribution is -0.113. The minimum atomic E-state index is -0.166. The van der Waals surface area contributed by atoms with Crippen molar-refractivity contribution in [1.29, 1.82) is 0 Å². The van der Waals surface area contributed by atoms with Crippen molar-refractivity contribution in [2.45, 2.75) is 49.2 Å². The van der Waals surface area contributed by atoms with Gasteiger partial charge in [0.2, 0.25) is 5.91 Å². The molecule has 1 fully saturated rings. The van der Waals surface area contributed by atoms with Gasteiger partial charge >= 0.3 is 0 Å². The summed E-state index contributed by atoms with van der Waals surface area (Å²) in [7, 11) is 0. The Balaban J connectivity index is 1.28. The number of carbonyl (C=O) groups excluding carboxylic acids is 1. The maximum atomic E-state index is 14.5. The number of hydrogen-bond acceptors (Lipinski definition) is 4. The van der Waals surface area contributed by atoms with Crippen LogP contribution in [0.5, 0.6) is 0 Å². The number of nitrogens with zero attached hydrogens (tertiary/aromatic N) is 2. The van der Waals surface area contributed by atoms with Gasteiger partial charge in [-0.15, -0.1) is 0 Å². The van der Waals surface area contributed by atoms with Crippen LogP contribution in [0.25, 0.3) is 22.0 Å². The first-order chi connectivity index (χ1) is 20.1. The summed E-state index contributed by atoms with van der Waals surface area (Å²) in [4.78, 5) is 32.9. The lowest BCUT2D eigenvalue weighted by atomic mass is 9.68. The third kappa shape index (κ3) is 4.76. The van der Waals surface area contributed by atoms with Gasteiger partial charge in [-0.25, -0.2) is 4.98 Å². The van der Waals surface area contributed by atoms with Gasteiger partial charge in [-0.05, 0) is 41.8 Å².